The summed E-state index contributed by atoms with van der Waals surface area (Å²) in [4.78, 5) is 37.4. The van der Waals surface area contributed by atoms with Crippen LogP contribution in [0, 0.1) is 6.92 Å². The highest BCUT2D eigenvalue weighted by atomic mass is 16.2. The van der Waals surface area contributed by atoms with Gasteiger partial charge in [0, 0.05) is 11.3 Å². The molecule has 0 saturated carbocycles. The number of hydrazine groups is 1. The molecule has 7 heteroatoms. The topological polar surface area (TPSA) is 105 Å². The lowest BCUT2D eigenvalue weighted by molar-refractivity contribution is -0.143. The van der Waals surface area contributed by atoms with Gasteiger partial charge < -0.3 is 10.3 Å². The van der Waals surface area contributed by atoms with E-state index in [0.717, 1.165) is 0 Å². The van der Waals surface area contributed by atoms with Crippen molar-refractivity contribution >= 4 is 23.4 Å². The minimum Gasteiger partial charge on any atom is -0.324 e. The summed E-state index contributed by atoms with van der Waals surface area (Å²) in [5.41, 5.74) is 3.24. The van der Waals surface area contributed by atoms with Crippen molar-refractivity contribution in [2.45, 2.75) is 26.3 Å². The molecule has 112 valence electrons. The van der Waals surface area contributed by atoms with Gasteiger partial charge in [0.05, 0.1) is 0 Å². The number of nitrogens with one attached hydrogen (secondary N) is 2. The number of carbonyl (C=O) groups excluding carboxylic acids is 3. The predicted molar refractivity (Wildman–Crippen MR) is 77.3 cm³/mol. The molecule has 0 aliphatic carbocycles. The van der Waals surface area contributed by atoms with E-state index in [1.54, 1.807) is 39.0 Å². The van der Waals surface area contributed by atoms with Gasteiger partial charge in [-0.05, 0) is 44.5 Å². The number of anilines is 1. The van der Waals surface area contributed by atoms with Crippen molar-refractivity contribution in [2.24, 2.45) is 5.84 Å². The lowest BCUT2D eigenvalue weighted by Gasteiger charge is -2.40. The average Bonchev–Trinajstić information content (AvgIpc) is 2.42. The molecule has 0 spiro atoms. The molecule has 0 bridgehead atoms. The van der Waals surface area contributed by atoms with Gasteiger partial charge >= 0.3 is 0 Å². The second-order valence-corrected chi connectivity index (χ2v) is 5.50. The minimum atomic E-state index is -1.08. The molecular weight excluding hydrogens is 272 g/mol. The Kier molecular flexibility index (Phi) is 3.69. The zero-order valence-corrected chi connectivity index (χ0v) is 12.2. The summed E-state index contributed by atoms with van der Waals surface area (Å²) in [5.74, 6) is 4.00. The zero-order chi connectivity index (χ0) is 15.8. The fraction of sp³-hybridized carbons (Fsp3) is 0.357. The third-order valence-electron chi connectivity index (χ3n) is 3.65. The molecule has 7 nitrogen and oxygen atoms in total. The number of imide groups is 1. The lowest BCUT2D eigenvalue weighted by atomic mass is 9.96. The molecule has 21 heavy (non-hydrogen) atoms. The van der Waals surface area contributed by atoms with E-state index in [1.165, 1.54) is 4.90 Å². The van der Waals surface area contributed by atoms with Crippen molar-refractivity contribution in [3.63, 3.8) is 0 Å². The van der Waals surface area contributed by atoms with Crippen LogP contribution in [0.2, 0.25) is 0 Å². The number of aryl methyl sites for hydroxylation is 1. The number of amides is 3. The molecule has 1 aliphatic heterocycles. The molecular formula is C14H18N4O3. The highest BCUT2D eigenvalue weighted by Gasteiger charge is 2.43. The molecule has 1 heterocycles. The second-order valence-electron chi connectivity index (χ2n) is 5.50. The van der Waals surface area contributed by atoms with Gasteiger partial charge in [-0.25, -0.2) is 0 Å². The number of carbonyl (C=O) groups is 3. The van der Waals surface area contributed by atoms with Crippen LogP contribution >= 0.6 is 0 Å². The number of benzene rings is 1. The van der Waals surface area contributed by atoms with E-state index in [1.807, 2.05) is 0 Å². The van der Waals surface area contributed by atoms with Gasteiger partial charge in [-0.3, -0.25) is 25.5 Å². The van der Waals surface area contributed by atoms with E-state index in [2.05, 4.69) is 10.7 Å². The zero-order valence-electron chi connectivity index (χ0n) is 12.2. The van der Waals surface area contributed by atoms with E-state index in [0.29, 0.717) is 16.8 Å². The van der Waals surface area contributed by atoms with Crippen molar-refractivity contribution < 1.29 is 14.4 Å². The predicted octanol–water partition coefficient (Wildman–Crippen LogP) is 0.158. The minimum absolute atomic E-state index is 0.145. The highest BCUT2D eigenvalue weighted by molar-refractivity contribution is 6.09. The number of nitrogens with zero attached hydrogens (tertiary/aromatic N) is 1. The number of hydrogen-bond donors (Lipinski definition) is 3. The van der Waals surface area contributed by atoms with Gasteiger partial charge in [-0.2, -0.15) is 0 Å². The Morgan fingerprint density at radius 1 is 1.38 bits per heavy atom. The number of nitrogen functional groups attached to an aromatic ring is 1. The SMILES string of the molecule is Cc1cc(NN)ccc1C(=O)N1CC(=O)NC(=O)C1(C)C. The van der Waals surface area contributed by atoms with Gasteiger partial charge in [0.25, 0.3) is 11.8 Å². The molecule has 3 amide bonds. The molecule has 2 rings (SSSR count). The highest BCUT2D eigenvalue weighted by Crippen LogP contribution is 2.23. The van der Waals surface area contributed by atoms with E-state index < -0.39 is 17.4 Å². The summed E-state index contributed by atoms with van der Waals surface area (Å²) in [6.07, 6.45) is 0. The normalized spacial score (nSPS) is 17.4. The lowest BCUT2D eigenvalue weighted by Crippen LogP contribution is -2.65. The van der Waals surface area contributed by atoms with Crippen LogP contribution in [0.3, 0.4) is 0 Å². The van der Waals surface area contributed by atoms with Gasteiger partial charge in [0.15, 0.2) is 0 Å². The summed E-state index contributed by atoms with van der Waals surface area (Å²) >= 11 is 0. The maximum Gasteiger partial charge on any atom is 0.255 e. The monoisotopic (exact) mass is 290 g/mol. The summed E-state index contributed by atoms with van der Waals surface area (Å²) in [5, 5.41) is 2.24. The quantitative estimate of drug-likeness (QED) is 0.409. The van der Waals surface area contributed by atoms with Crippen LogP contribution in [-0.4, -0.2) is 34.7 Å². The number of hydrogen-bond acceptors (Lipinski definition) is 5. The van der Waals surface area contributed by atoms with Crippen LogP contribution in [0.4, 0.5) is 5.69 Å². The number of rotatable bonds is 2. The Morgan fingerprint density at radius 3 is 2.62 bits per heavy atom. The fourth-order valence-corrected chi connectivity index (χ4v) is 2.25. The molecule has 0 radical (unpaired) electrons. The van der Waals surface area contributed by atoms with Crippen molar-refractivity contribution in [3.05, 3.63) is 29.3 Å². The molecule has 1 saturated heterocycles. The van der Waals surface area contributed by atoms with Crippen molar-refractivity contribution in [3.8, 4) is 0 Å². The maximum absolute atomic E-state index is 12.7. The van der Waals surface area contributed by atoms with Crippen molar-refractivity contribution in [1.29, 1.82) is 0 Å². The summed E-state index contributed by atoms with van der Waals surface area (Å²) in [6.45, 7) is 4.84. The van der Waals surface area contributed by atoms with E-state index in [4.69, 9.17) is 5.84 Å². The average molecular weight is 290 g/mol. The van der Waals surface area contributed by atoms with Gasteiger partial charge in [-0.1, -0.05) is 0 Å². The standard InChI is InChI=1S/C14H18N4O3/c1-8-6-9(17-15)4-5-10(8)12(20)18-7-11(19)16-13(21)14(18,2)3/h4-6,17H,7,15H2,1-3H3,(H,16,19,21). The molecule has 0 aromatic heterocycles. The fourth-order valence-electron chi connectivity index (χ4n) is 2.25. The maximum atomic E-state index is 12.7. The molecule has 1 fully saturated rings. The van der Waals surface area contributed by atoms with Crippen LogP contribution in [-0.2, 0) is 9.59 Å². The van der Waals surface area contributed by atoms with E-state index in [9.17, 15) is 14.4 Å². The Morgan fingerprint density at radius 2 is 2.05 bits per heavy atom. The first-order valence-corrected chi connectivity index (χ1v) is 6.51. The number of piperazine rings is 1. The van der Waals surface area contributed by atoms with Crippen LogP contribution in [0.15, 0.2) is 18.2 Å². The second kappa shape index (κ2) is 5.17. The largest absolute Gasteiger partial charge is 0.324 e. The van der Waals surface area contributed by atoms with Crippen molar-refractivity contribution in [1.82, 2.24) is 10.2 Å². The first-order chi connectivity index (χ1) is 9.77. The third kappa shape index (κ3) is 2.59. The molecule has 0 atom stereocenters. The molecule has 1 aliphatic rings. The Labute approximate surface area is 122 Å². The van der Waals surface area contributed by atoms with Crippen LogP contribution in [0.5, 0.6) is 0 Å². The van der Waals surface area contributed by atoms with Crippen LogP contribution in [0.25, 0.3) is 0 Å². The first kappa shape index (κ1) is 15.0. The summed E-state index contributed by atoms with van der Waals surface area (Å²) < 4.78 is 0. The third-order valence-corrected chi connectivity index (χ3v) is 3.65. The molecule has 1 aromatic carbocycles. The Hall–Kier alpha value is -2.41. The molecule has 1 aromatic rings. The van der Waals surface area contributed by atoms with E-state index in [-0.39, 0.29) is 12.5 Å². The summed E-state index contributed by atoms with van der Waals surface area (Å²) in [6, 6.07) is 5.02. The van der Waals surface area contributed by atoms with Gasteiger partial charge in [0.1, 0.15) is 12.1 Å². The van der Waals surface area contributed by atoms with E-state index >= 15 is 0 Å². The van der Waals surface area contributed by atoms with Gasteiger partial charge in [-0.15, -0.1) is 0 Å². The molecule has 0 unspecified atom stereocenters. The smallest absolute Gasteiger partial charge is 0.255 e. The van der Waals surface area contributed by atoms with Crippen molar-refractivity contribution in [2.75, 3.05) is 12.0 Å². The number of nitrogens with two attached hydrogens (primary N) is 1. The summed E-state index contributed by atoms with van der Waals surface area (Å²) in [7, 11) is 0. The Balaban J connectivity index is 2.38. The van der Waals surface area contributed by atoms with Crippen LogP contribution in [0.1, 0.15) is 29.8 Å². The van der Waals surface area contributed by atoms with Gasteiger partial charge in [0.2, 0.25) is 5.91 Å². The first-order valence-electron chi connectivity index (χ1n) is 6.51. The van der Waals surface area contributed by atoms with Crippen LogP contribution < -0.4 is 16.6 Å². The molecule has 4 N–H and O–H groups in total. The Bertz CT molecular complexity index is 625.